The molecule has 44 heavy (non-hydrogen) atoms. The normalized spacial score (nSPS) is 14.1. The second-order valence-corrected chi connectivity index (χ2v) is 13.6. The van der Waals surface area contributed by atoms with Crippen LogP contribution < -0.4 is 15.9 Å². The first-order valence-electron chi connectivity index (χ1n) is 14.0. The molecule has 2 rings (SSSR count). The van der Waals surface area contributed by atoms with Crippen LogP contribution in [0.3, 0.4) is 0 Å². The molecular weight excluding hydrogens is 612 g/mol. The van der Waals surface area contributed by atoms with E-state index < -0.39 is 45.1 Å². The molecule has 4 unspecified atom stereocenters. The number of nitrogens with two attached hydrogens (primary N) is 1. The van der Waals surface area contributed by atoms with Crippen molar-refractivity contribution in [3.05, 3.63) is 71.8 Å². The van der Waals surface area contributed by atoms with Crippen LogP contribution in [0.2, 0.25) is 0 Å². The Kier molecular flexibility index (Phi) is 20.3. The molecule has 15 heteroatoms. The van der Waals surface area contributed by atoms with Gasteiger partial charge in [0.25, 0.3) is 0 Å². The second kappa shape index (κ2) is 21.8. The van der Waals surface area contributed by atoms with Crippen LogP contribution in [0.25, 0.3) is 0 Å². The lowest BCUT2D eigenvalue weighted by Gasteiger charge is -2.25. The molecule has 0 amide bonds. The third-order valence-electron chi connectivity index (χ3n) is 5.22. The zero-order chi connectivity index (χ0) is 33.8. The number of nitrogens with one attached hydrogen (secondary N) is 2. The summed E-state index contributed by atoms with van der Waals surface area (Å²) in [5, 5.41) is 5.53. The number of hydrogen-bond donors (Lipinski definition) is 5. The maximum Gasteiger partial charge on any atom is 0.323 e. The Hall–Kier alpha value is -2.89. The Morgan fingerprint density at radius 3 is 1.55 bits per heavy atom. The first-order valence-corrected chi connectivity index (χ1v) is 18.2. The summed E-state index contributed by atoms with van der Waals surface area (Å²) in [6.45, 7) is 9.88. The molecule has 248 valence electrons. The standard InChI is InChI=1S/C17H27N2O5P.C11H15NO2.CH5O3P/c1-5-23-16(20)13(3)18-25(4,22)19-15(17(21)24-6-2)12-14-10-8-7-9-11-14;1-2-14-11(13)10(12)8-9-6-4-3-5-7-9;1-5(2,3)4/h7-11,13,15H,5-6,12H2,1-4H3,(H2,18,19,22);3-7,10H,2,8,12H2,1H3;1H3,(H2,2,3,4). The van der Waals surface area contributed by atoms with E-state index in [4.69, 9.17) is 29.7 Å². The van der Waals surface area contributed by atoms with Gasteiger partial charge in [-0.15, -0.1) is 0 Å². The maximum atomic E-state index is 12.8. The number of benzene rings is 2. The molecule has 0 bridgehead atoms. The van der Waals surface area contributed by atoms with Crippen molar-refractivity contribution in [2.75, 3.05) is 33.2 Å². The van der Waals surface area contributed by atoms with Gasteiger partial charge in [-0.3, -0.25) is 23.5 Å². The summed E-state index contributed by atoms with van der Waals surface area (Å²) in [6.07, 6.45) is 0.854. The van der Waals surface area contributed by atoms with Gasteiger partial charge in [-0.25, -0.2) is 10.2 Å². The summed E-state index contributed by atoms with van der Waals surface area (Å²) in [6, 6.07) is 16.9. The Morgan fingerprint density at radius 1 is 0.727 bits per heavy atom. The summed E-state index contributed by atoms with van der Waals surface area (Å²) in [7, 11) is -6.84. The van der Waals surface area contributed by atoms with E-state index in [0.29, 0.717) is 19.4 Å². The van der Waals surface area contributed by atoms with Crippen LogP contribution in [0.4, 0.5) is 0 Å². The lowest BCUT2D eigenvalue weighted by molar-refractivity contribution is -0.145. The van der Waals surface area contributed by atoms with E-state index in [1.807, 2.05) is 60.7 Å². The molecule has 4 atom stereocenters. The maximum absolute atomic E-state index is 12.8. The molecule has 0 heterocycles. The lowest BCUT2D eigenvalue weighted by Crippen LogP contribution is -2.43. The Labute approximate surface area is 259 Å². The highest BCUT2D eigenvalue weighted by atomic mass is 31.2. The average molecular weight is 660 g/mol. The molecule has 6 N–H and O–H groups in total. The fraction of sp³-hybridized carbons (Fsp3) is 0.483. The molecule has 2 aromatic rings. The first-order chi connectivity index (χ1) is 20.5. The van der Waals surface area contributed by atoms with Gasteiger partial charge in [-0.05, 0) is 51.7 Å². The van der Waals surface area contributed by atoms with Crippen LogP contribution in [-0.4, -0.2) is 79.0 Å². The quantitative estimate of drug-likeness (QED) is 0.113. The van der Waals surface area contributed by atoms with E-state index in [1.54, 1.807) is 27.7 Å². The van der Waals surface area contributed by atoms with Crippen LogP contribution in [-0.2, 0) is 50.6 Å². The Balaban J connectivity index is 0.000000811. The molecule has 0 saturated carbocycles. The largest absolute Gasteiger partial charge is 0.465 e. The summed E-state index contributed by atoms with van der Waals surface area (Å²) in [5.41, 5.74) is 7.62. The van der Waals surface area contributed by atoms with Crippen LogP contribution in [0, 0.1) is 0 Å². The van der Waals surface area contributed by atoms with Gasteiger partial charge in [0.15, 0.2) is 0 Å². The number of carbonyl (C=O) groups excluding carboxylic acids is 3. The van der Waals surface area contributed by atoms with E-state index >= 15 is 0 Å². The van der Waals surface area contributed by atoms with Crippen molar-refractivity contribution in [2.24, 2.45) is 5.73 Å². The summed E-state index contributed by atoms with van der Waals surface area (Å²) < 4.78 is 36.9. The van der Waals surface area contributed by atoms with Crippen molar-refractivity contribution >= 4 is 32.9 Å². The van der Waals surface area contributed by atoms with E-state index in [0.717, 1.165) is 17.8 Å². The molecule has 0 radical (unpaired) electrons. The van der Waals surface area contributed by atoms with Crippen LogP contribution in [0.15, 0.2) is 60.7 Å². The van der Waals surface area contributed by atoms with Gasteiger partial charge in [-0.1, -0.05) is 60.7 Å². The van der Waals surface area contributed by atoms with Crippen molar-refractivity contribution in [1.29, 1.82) is 0 Å². The minimum Gasteiger partial charge on any atom is -0.465 e. The number of ether oxygens (including phenoxy) is 3. The molecular formula is C29H47N3O10P2. The summed E-state index contributed by atoms with van der Waals surface area (Å²) >= 11 is 0. The number of carbonyl (C=O) groups is 3. The average Bonchev–Trinajstić information content (AvgIpc) is 2.93. The lowest BCUT2D eigenvalue weighted by atomic mass is 10.1. The van der Waals surface area contributed by atoms with Gasteiger partial charge in [0.1, 0.15) is 18.1 Å². The minimum atomic E-state index is -3.64. The van der Waals surface area contributed by atoms with E-state index in [2.05, 4.69) is 10.2 Å². The molecule has 0 aliphatic carbocycles. The fourth-order valence-electron chi connectivity index (χ4n) is 3.50. The smallest absolute Gasteiger partial charge is 0.323 e. The molecule has 2 aromatic carbocycles. The highest BCUT2D eigenvalue weighted by Crippen LogP contribution is 2.33. The summed E-state index contributed by atoms with van der Waals surface area (Å²) in [5.74, 6) is -1.32. The van der Waals surface area contributed by atoms with Gasteiger partial charge in [0.05, 0.1) is 19.8 Å². The predicted octanol–water partition coefficient (Wildman–Crippen LogP) is 3.03. The molecule has 0 aliphatic heterocycles. The molecule has 0 aromatic heterocycles. The van der Waals surface area contributed by atoms with Crippen molar-refractivity contribution in [2.45, 2.75) is 58.7 Å². The monoisotopic (exact) mass is 659 g/mol. The third kappa shape index (κ3) is 20.9. The number of rotatable bonds is 14. The van der Waals surface area contributed by atoms with Crippen LogP contribution in [0.1, 0.15) is 38.8 Å². The molecule has 0 spiro atoms. The summed E-state index contributed by atoms with van der Waals surface area (Å²) in [4.78, 5) is 50.4. The van der Waals surface area contributed by atoms with Crippen molar-refractivity contribution in [3.63, 3.8) is 0 Å². The second-order valence-electron chi connectivity index (χ2n) is 9.53. The zero-order valence-corrected chi connectivity index (χ0v) is 28.0. The van der Waals surface area contributed by atoms with Crippen molar-refractivity contribution < 1.29 is 47.5 Å². The van der Waals surface area contributed by atoms with E-state index in [1.165, 1.54) is 6.66 Å². The zero-order valence-electron chi connectivity index (χ0n) is 26.2. The number of hydrogen-bond acceptors (Lipinski definition) is 9. The van der Waals surface area contributed by atoms with Gasteiger partial charge < -0.3 is 29.7 Å². The van der Waals surface area contributed by atoms with Gasteiger partial charge >= 0.3 is 25.5 Å². The van der Waals surface area contributed by atoms with Gasteiger partial charge in [-0.2, -0.15) is 0 Å². The minimum absolute atomic E-state index is 0.229. The molecule has 0 fully saturated rings. The van der Waals surface area contributed by atoms with Crippen molar-refractivity contribution in [1.82, 2.24) is 10.2 Å². The third-order valence-corrected chi connectivity index (χ3v) is 6.91. The van der Waals surface area contributed by atoms with Gasteiger partial charge in [0, 0.05) is 13.3 Å². The van der Waals surface area contributed by atoms with Crippen LogP contribution >= 0.6 is 15.0 Å². The van der Waals surface area contributed by atoms with E-state index in [9.17, 15) is 23.5 Å². The number of esters is 3. The van der Waals surface area contributed by atoms with Crippen LogP contribution in [0.5, 0.6) is 0 Å². The highest BCUT2D eigenvalue weighted by molar-refractivity contribution is 7.59. The van der Waals surface area contributed by atoms with E-state index in [-0.39, 0.29) is 19.2 Å². The highest BCUT2D eigenvalue weighted by Gasteiger charge is 2.30. The Bertz CT molecular complexity index is 1200. The van der Waals surface area contributed by atoms with Crippen molar-refractivity contribution in [3.8, 4) is 0 Å². The predicted molar refractivity (Wildman–Crippen MR) is 169 cm³/mol. The topological polar surface area (TPSA) is 204 Å². The first kappa shape index (κ1) is 41.1. The Morgan fingerprint density at radius 2 is 1.11 bits per heavy atom. The van der Waals surface area contributed by atoms with Gasteiger partial charge in [0.2, 0.25) is 7.44 Å². The fourth-order valence-corrected chi connectivity index (χ4v) is 5.21. The molecule has 13 nitrogen and oxygen atoms in total. The SMILES string of the molecule is CCOC(=O)C(C)NP(C)(=O)NC(Cc1ccccc1)C(=O)OCC.CCOC(=O)C(N)Cc1ccccc1.CP(=O)(O)O. The molecule has 0 saturated heterocycles. The molecule has 0 aliphatic rings.